The number of amides is 3. The maximum absolute atomic E-state index is 12.7. The molecule has 1 aliphatic heterocycles. The molecule has 0 unspecified atom stereocenters. The van der Waals surface area contributed by atoms with E-state index in [-0.39, 0.29) is 17.9 Å². The van der Waals surface area contributed by atoms with E-state index in [1.54, 1.807) is 28.8 Å². The van der Waals surface area contributed by atoms with Crippen molar-refractivity contribution < 1.29 is 9.59 Å². The number of hydrogen-bond donors (Lipinski definition) is 0. The van der Waals surface area contributed by atoms with Gasteiger partial charge in [0, 0.05) is 40.8 Å². The Morgan fingerprint density at radius 3 is 2.57 bits per heavy atom. The van der Waals surface area contributed by atoms with Crippen molar-refractivity contribution in [3.8, 4) is 0 Å². The molecule has 5 heteroatoms. The summed E-state index contributed by atoms with van der Waals surface area (Å²) in [7, 11) is 5.34. The lowest BCUT2D eigenvalue weighted by Gasteiger charge is -2.35. The van der Waals surface area contributed by atoms with Crippen LogP contribution in [0.15, 0.2) is 24.3 Å². The fourth-order valence-electron chi connectivity index (χ4n) is 3.07. The normalized spacial score (nSPS) is 17.7. The predicted octanol–water partition coefficient (Wildman–Crippen LogP) is 2.35. The van der Waals surface area contributed by atoms with Crippen molar-refractivity contribution in [3.63, 3.8) is 0 Å². The molecule has 1 aliphatic rings. The minimum atomic E-state index is -0.0957. The third kappa shape index (κ3) is 4.24. The summed E-state index contributed by atoms with van der Waals surface area (Å²) in [6, 6.07) is 8.11. The monoisotopic (exact) mass is 317 g/mol. The fourth-order valence-corrected chi connectivity index (χ4v) is 3.07. The number of carbonyl (C=O) groups excluding carboxylic acids is 2. The standard InChI is InChI=1S/C18H27N3O2/c1-14-8-5-6-9-15(14)12-20(4)17(22)16-10-7-11-21(13-16)18(23)19(2)3/h5-6,8-9,16H,7,10-13H2,1-4H3/t16-/m0/s1. The van der Waals surface area contributed by atoms with E-state index >= 15 is 0 Å². The van der Waals surface area contributed by atoms with Crippen LogP contribution in [0.2, 0.25) is 0 Å². The van der Waals surface area contributed by atoms with Crippen LogP contribution in [0.1, 0.15) is 24.0 Å². The Hall–Kier alpha value is -2.04. The van der Waals surface area contributed by atoms with Crippen LogP contribution in [-0.2, 0) is 11.3 Å². The number of piperidine rings is 1. The lowest BCUT2D eigenvalue weighted by molar-refractivity contribution is -0.136. The van der Waals surface area contributed by atoms with Gasteiger partial charge in [0.25, 0.3) is 0 Å². The molecule has 0 aromatic heterocycles. The number of urea groups is 1. The van der Waals surface area contributed by atoms with Gasteiger partial charge in [-0.05, 0) is 30.9 Å². The second kappa shape index (κ2) is 7.49. The topological polar surface area (TPSA) is 43.9 Å². The summed E-state index contributed by atoms with van der Waals surface area (Å²) in [6.45, 7) is 3.94. The van der Waals surface area contributed by atoms with E-state index in [9.17, 15) is 9.59 Å². The third-order valence-corrected chi connectivity index (χ3v) is 4.47. The minimum absolute atomic E-state index is 0.0101. The number of nitrogens with zero attached hydrogens (tertiary/aromatic N) is 3. The third-order valence-electron chi connectivity index (χ3n) is 4.47. The Labute approximate surface area is 138 Å². The van der Waals surface area contributed by atoms with Crippen LogP contribution in [-0.4, -0.2) is 60.9 Å². The van der Waals surface area contributed by atoms with Gasteiger partial charge in [-0.1, -0.05) is 24.3 Å². The van der Waals surface area contributed by atoms with Crippen molar-refractivity contribution in [2.75, 3.05) is 34.2 Å². The first-order chi connectivity index (χ1) is 10.9. The van der Waals surface area contributed by atoms with Gasteiger partial charge in [-0.25, -0.2) is 4.79 Å². The summed E-state index contributed by atoms with van der Waals surface area (Å²) in [6.07, 6.45) is 1.74. The molecule has 0 aliphatic carbocycles. The quantitative estimate of drug-likeness (QED) is 0.859. The number of hydrogen-bond acceptors (Lipinski definition) is 2. The summed E-state index contributed by atoms with van der Waals surface area (Å²) in [5.74, 6) is 0.0335. The van der Waals surface area contributed by atoms with Gasteiger partial charge in [0.2, 0.25) is 5.91 Å². The van der Waals surface area contributed by atoms with Gasteiger partial charge in [-0.3, -0.25) is 4.79 Å². The smallest absolute Gasteiger partial charge is 0.319 e. The Morgan fingerprint density at radius 1 is 1.22 bits per heavy atom. The zero-order valence-corrected chi connectivity index (χ0v) is 14.6. The second-order valence-electron chi connectivity index (χ2n) is 6.58. The molecule has 0 radical (unpaired) electrons. The van der Waals surface area contributed by atoms with Gasteiger partial charge in [0.05, 0.1) is 5.92 Å². The molecular formula is C18H27N3O2. The first kappa shape index (κ1) is 17.3. The highest BCUT2D eigenvalue weighted by atomic mass is 16.2. The Morgan fingerprint density at radius 2 is 1.91 bits per heavy atom. The molecule has 1 heterocycles. The van der Waals surface area contributed by atoms with Gasteiger partial charge >= 0.3 is 6.03 Å². The first-order valence-electron chi connectivity index (χ1n) is 8.16. The van der Waals surface area contributed by atoms with Crippen LogP contribution >= 0.6 is 0 Å². The maximum Gasteiger partial charge on any atom is 0.319 e. The Kier molecular flexibility index (Phi) is 5.64. The predicted molar refractivity (Wildman–Crippen MR) is 91.0 cm³/mol. The van der Waals surface area contributed by atoms with Gasteiger partial charge in [0.15, 0.2) is 0 Å². The van der Waals surface area contributed by atoms with Gasteiger partial charge in [-0.2, -0.15) is 0 Å². The van der Waals surface area contributed by atoms with Crippen molar-refractivity contribution in [1.29, 1.82) is 0 Å². The van der Waals surface area contributed by atoms with Crippen LogP contribution in [0.25, 0.3) is 0 Å². The summed E-state index contributed by atoms with van der Waals surface area (Å²) in [4.78, 5) is 30.0. The molecule has 23 heavy (non-hydrogen) atoms. The number of aryl methyl sites for hydroxylation is 1. The van der Waals surface area contributed by atoms with Gasteiger partial charge in [0.1, 0.15) is 0 Å². The van der Waals surface area contributed by atoms with E-state index in [0.29, 0.717) is 13.1 Å². The molecule has 1 aromatic carbocycles. The number of rotatable bonds is 3. The lowest BCUT2D eigenvalue weighted by Crippen LogP contribution is -2.48. The van der Waals surface area contributed by atoms with E-state index in [2.05, 4.69) is 19.1 Å². The largest absolute Gasteiger partial charge is 0.341 e. The molecule has 1 saturated heterocycles. The molecule has 3 amide bonds. The maximum atomic E-state index is 12.7. The number of likely N-dealkylation sites (tertiary alicyclic amines) is 1. The summed E-state index contributed by atoms with van der Waals surface area (Å²) in [5.41, 5.74) is 2.36. The van der Waals surface area contributed by atoms with Crippen LogP contribution in [0.5, 0.6) is 0 Å². The average Bonchev–Trinajstić information content (AvgIpc) is 2.55. The van der Waals surface area contributed by atoms with Crippen LogP contribution in [0.4, 0.5) is 4.79 Å². The number of benzene rings is 1. The van der Waals surface area contributed by atoms with Crippen molar-refractivity contribution in [3.05, 3.63) is 35.4 Å². The molecule has 0 saturated carbocycles. The highest BCUT2D eigenvalue weighted by Gasteiger charge is 2.30. The summed E-state index contributed by atoms with van der Waals surface area (Å²) >= 11 is 0. The molecule has 1 atom stereocenters. The lowest BCUT2D eigenvalue weighted by atomic mass is 9.96. The Balaban J connectivity index is 1.99. The molecule has 1 aromatic rings. The fraction of sp³-hybridized carbons (Fsp3) is 0.556. The van der Waals surface area contributed by atoms with Gasteiger partial charge in [-0.15, -0.1) is 0 Å². The molecule has 0 N–H and O–H groups in total. The van der Waals surface area contributed by atoms with Crippen LogP contribution in [0.3, 0.4) is 0 Å². The highest BCUT2D eigenvalue weighted by Crippen LogP contribution is 2.20. The van der Waals surface area contributed by atoms with Crippen molar-refractivity contribution in [2.24, 2.45) is 5.92 Å². The van der Waals surface area contributed by atoms with E-state index < -0.39 is 0 Å². The summed E-state index contributed by atoms with van der Waals surface area (Å²) in [5, 5.41) is 0. The van der Waals surface area contributed by atoms with E-state index in [1.165, 1.54) is 11.1 Å². The van der Waals surface area contributed by atoms with E-state index in [0.717, 1.165) is 19.4 Å². The minimum Gasteiger partial charge on any atom is -0.341 e. The van der Waals surface area contributed by atoms with Crippen molar-refractivity contribution >= 4 is 11.9 Å². The molecule has 5 nitrogen and oxygen atoms in total. The molecular weight excluding hydrogens is 290 g/mol. The zero-order chi connectivity index (χ0) is 17.0. The van der Waals surface area contributed by atoms with Crippen LogP contribution < -0.4 is 0 Å². The molecule has 1 fully saturated rings. The molecule has 0 bridgehead atoms. The molecule has 0 spiro atoms. The highest BCUT2D eigenvalue weighted by molar-refractivity contribution is 5.80. The van der Waals surface area contributed by atoms with Gasteiger partial charge < -0.3 is 14.7 Å². The first-order valence-corrected chi connectivity index (χ1v) is 8.16. The average molecular weight is 317 g/mol. The molecule has 126 valence electrons. The zero-order valence-electron chi connectivity index (χ0n) is 14.6. The summed E-state index contributed by atoms with van der Waals surface area (Å²) < 4.78 is 0. The Bertz CT molecular complexity index is 571. The van der Waals surface area contributed by atoms with Crippen molar-refractivity contribution in [2.45, 2.75) is 26.3 Å². The van der Waals surface area contributed by atoms with Crippen LogP contribution in [0, 0.1) is 12.8 Å². The molecule has 2 rings (SSSR count). The van der Waals surface area contributed by atoms with E-state index in [1.807, 2.05) is 19.2 Å². The number of carbonyl (C=O) groups is 2. The van der Waals surface area contributed by atoms with E-state index in [4.69, 9.17) is 0 Å². The second-order valence-corrected chi connectivity index (χ2v) is 6.58. The SMILES string of the molecule is Cc1ccccc1CN(C)C(=O)[C@H]1CCCN(C(=O)N(C)C)C1. The van der Waals surface area contributed by atoms with Crippen molar-refractivity contribution in [1.82, 2.24) is 14.7 Å².